The number of anilines is 1. The highest BCUT2D eigenvalue weighted by Crippen LogP contribution is 2.27. The van der Waals surface area contributed by atoms with Crippen LogP contribution in [0.15, 0.2) is 40.9 Å². The Morgan fingerprint density at radius 1 is 1.22 bits per heavy atom. The van der Waals surface area contributed by atoms with Crippen LogP contribution >= 0.6 is 27.5 Å². The van der Waals surface area contributed by atoms with E-state index in [1.807, 2.05) is 0 Å². The van der Waals surface area contributed by atoms with E-state index < -0.39 is 0 Å². The minimum Gasteiger partial charge on any atom is -0.487 e. The largest absolute Gasteiger partial charge is 0.487 e. The number of hydrogen-bond donors (Lipinski definition) is 1. The number of nitrogen functional groups attached to an aromatic ring is 1. The molecular formula is C13H10BrClFNO. The second-order valence-electron chi connectivity index (χ2n) is 3.73. The lowest BCUT2D eigenvalue weighted by Gasteiger charge is -2.09. The molecule has 0 fully saturated rings. The summed E-state index contributed by atoms with van der Waals surface area (Å²) in [5.41, 5.74) is 7.06. The fourth-order valence-electron chi connectivity index (χ4n) is 1.42. The topological polar surface area (TPSA) is 35.2 Å². The van der Waals surface area contributed by atoms with Crippen molar-refractivity contribution in [2.45, 2.75) is 6.61 Å². The smallest absolute Gasteiger partial charge is 0.140 e. The molecule has 0 aliphatic rings. The molecule has 0 aromatic heterocycles. The summed E-state index contributed by atoms with van der Waals surface area (Å²) in [6.07, 6.45) is 0. The van der Waals surface area contributed by atoms with Gasteiger partial charge in [0.1, 0.15) is 18.2 Å². The molecule has 0 atom stereocenters. The Morgan fingerprint density at radius 3 is 2.72 bits per heavy atom. The summed E-state index contributed by atoms with van der Waals surface area (Å²) in [5.74, 6) is 0.206. The van der Waals surface area contributed by atoms with E-state index in [2.05, 4.69) is 15.9 Å². The first-order chi connectivity index (χ1) is 8.56. The van der Waals surface area contributed by atoms with Crippen molar-refractivity contribution in [3.63, 3.8) is 0 Å². The number of halogens is 3. The van der Waals surface area contributed by atoms with Crippen molar-refractivity contribution in [3.8, 4) is 5.75 Å². The average molecular weight is 331 g/mol. The van der Waals surface area contributed by atoms with Gasteiger partial charge in [-0.05, 0) is 45.8 Å². The fourth-order valence-corrected chi connectivity index (χ4v) is 2.02. The zero-order valence-electron chi connectivity index (χ0n) is 9.29. The lowest BCUT2D eigenvalue weighted by molar-refractivity contribution is 0.306. The Morgan fingerprint density at radius 2 is 2.00 bits per heavy atom. The van der Waals surface area contributed by atoms with E-state index in [-0.39, 0.29) is 5.82 Å². The quantitative estimate of drug-likeness (QED) is 0.846. The molecule has 0 radical (unpaired) electrons. The second kappa shape index (κ2) is 5.59. The van der Waals surface area contributed by atoms with Gasteiger partial charge in [0.15, 0.2) is 0 Å². The van der Waals surface area contributed by atoms with E-state index in [9.17, 15) is 4.39 Å². The van der Waals surface area contributed by atoms with Crippen LogP contribution in [0.1, 0.15) is 5.56 Å². The normalized spacial score (nSPS) is 10.4. The summed E-state index contributed by atoms with van der Waals surface area (Å²) in [5, 5.41) is 0.491. The zero-order chi connectivity index (χ0) is 13.1. The average Bonchev–Trinajstić information content (AvgIpc) is 2.34. The van der Waals surface area contributed by atoms with Crippen molar-refractivity contribution < 1.29 is 9.13 Å². The maximum atomic E-state index is 13.1. The molecule has 2 aromatic rings. The highest BCUT2D eigenvalue weighted by Gasteiger charge is 2.04. The van der Waals surface area contributed by atoms with Crippen molar-refractivity contribution in [3.05, 3.63) is 57.3 Å². The minimum atomic E-state index is -0.305. The number of hydrogen-bond acceptors (Lipinski definition) is 2. The number of nitrogens with two attached hydrogens (primary N) is 1. The zero-order valence-corrected chi connectivity index (χ0v) is 11.6. The number of ether oxygens (including phenoxy) is 1. The molecule has 0 unspecified atom stereocenters. The van der Waals surface area contributed by atoms with Gasteiger partial charge in [-0.1, -0.05) is 17.7 Å². The van der Waals surface area contributed by atoms with Crippen LogP contribution < -0.4 is 10.5 Å². The summed E-state index contributed by atoms with van der Waals surface area (Å²) in [6, 6.07) is 9.72. The highest BCUT2D eigenvalue weighted by molar-refractivity contribution is 9.10. The van der Waals surface area contributed by atoms with Crippen molar-refractivity contribution in [1.82, 2.24) is 0 Å². The van der Waals surface area contributed by atoms with Gasteiger partial charge in [0.05, 0.1) is 9.50 Å². The van der Waals surface area contributed by atoms with E-state index in [1.165, 1.54) is 6.07 Å². The third kappa shape index (κ3) is 3.15. The third-order valence-corrected chi connectivity index (χ3v) is 3.25. The Labute approximate surface area is 118 Å². The first kappa shape index (κ1) is 13.2. The van der Waals surface area contributed by atoms with Gasteiger partial charge in [-0.15, -0.1) is 0 Å². The van der Waals surface area contributed by atoms with Crippen molar-refractivity contribution >= 4 is 33.2 Å². The Hall–Kier alpha value is -1.26. The molecule has 0 bridgehead atoms. The van der Waals surface area contributed by atoms with Gasteiger partial charge in [0.25, 0.3) is 0 Å². The van der Waals surface area contributed by atoms with Crippen LogP contribution in [0.3, 0.4) is 0 Å². The van der Waals surface area contributed by atoms with Gasteiger partial charge in [-0.25, -0.2) is 4.39 Å². The Balaban J connectivity index is 2.11. The van der Waals surface area contributed by atoms with Gasteiger partial charge >= 0.3 is 0 Å². The lowest BCUT2D eigenvalue weighted by Crippen LogP contribution is -1.97. The summed E-state index contributed by atoms with van der Waals surface area (Å²) >= 11 is 9.09. The van der Waals surface area contributed by atoms with Crippen LogP contribution in [0.25, 0.3) is 0 Å². The van der Waals surface area contributed by atoms with E-state index in [0.29, 0.717) is 27.5 Å². The van der Waals surface area contributed by atoms with Crippen molar-refractivity contribution in [2.24, 2.45) is 0 Å². The van der Waals surface area contributed by atoms with Crippen LogP contribution in [-0.4, -0.2) is 0 Å². The molecule has 2 N–H and O–H groups in total. The predicted molar refractivity (Wildman–Crippen MR) is 74.3 cm³/mol. The summed E-state index contributed by atoms with van der Waals surface area (Å²) in [4.78, 5) is 0. The standard InChI is InChI=1S/C13H10BrClFNO/c14-10-5-8(1-4-12(10)16)7-18-13-6-9(17)2-3-11(13)15/h1-6H,7,17H2. The monoisotopic (exact) mass is 329 g/mol. The molecule has 0 saturated heterocycles. The molecule has 0 saturated carbocycles. The molecule has 18 heavy (non-hydrogen) atoms. The molecule has 2 aromatic carbocycles. The van der Waals surface area contributed by atoms with Crippen LogP contribution in [0.2, 0.25) is 5.02 Å². The van der Waals surface area contributed by atoms with Crippen LogP contribution in [0.4, 0.5) is 10.1 Å². The van der Waals surface area contributed by atoms with E-state index in [1.54, 1.807) is 30.3 Å². The van der Waals surface area contributed by atoms with Gasteiger partial charge in [0.2, 0.25) is 0 Å². The molecule has 94 valence electrons. The molecule has 2 nitrogen and oxygen atoms in total. The molecule has 0 heterocycles. The lowest BCUT2D eigenvalue weighted by atomic mass is 10.2. The van der Waals surface area contributed by atoms with Crippen molar-refractivity contribution in [2.75, 3.05) is 5.73 Å². The number of benzene rings is 2. The number of rotatable bonds is 3. The van der Waals surface area contributed by atoms with E-state index >= 15 is 0 Å². The predicted octanol–water partition coefficient (Wildman–Crippen LogP) is 4.40. The van der Waals surface area contributed by atoms with Crippen LogP contribution in [0, 0.1) is 5.82 Å². The Kier molecular flexibility index (Phi) is 4.09. The van der Waals surface area contributed by atoms with E-state index in [0.717, 1.165) is 5.56 Å². The minimum absolute atomic E-state index is 0.294. The molecule has 2 rings (SSSR count). The fraction of sp³-hybridized carbons (Fsp3) is 0.0769. The first-order valence-corrected chi connectivity index (χ1v) is 6.35. The highest BCUT2D eigenvalue weighted by atomic mass is 79.9. The Bertz CT molecular complexity index is 577. The van der Waals surface area contributed by atoms with Crippen LogP contribution in [0.5, 0.6) is 5.75 Å². The third-order valence-electron chi connectivity index (χ3n) is 2.33. The molecule has 0 spiro atoms. The summed E-state index contributed by atoms with van der Waals surface area (Å²) in [7, 11) is 0. The molecule has 5 heteroatoms. The SMILES string of the molecule is Nc1ccc(Cl)c(OCc2ccc(F)c(Br)c2)c1. The van der Waals surface area contributed by atoms with Gasteiger partial charge in [0, 0.05) is 11.8 Å². The summed E-state index contributed by atoms with van der Waals surface area (Å²) in [6.45, 7) is 0.294. The van der Waals surface area contributed by atoms with Gasteiger partial charge in [-0.3, -0.25) is 0 Å². The van der Waals surface area contributed by atoms with Gasteiger partial charge < -0.3 is 10.5 Å². The van der Waals surface area contributed by atoms with Crippen molar-refractivity contribution in [1.29, 1.82) is 0 Å². The molecule has 0 aliphatic carbocycles. The second-order valence-corrected chi connectivity index (χ2v) is 4.99. The van der Waals surface area contributed by atoms with Crippen LogP contribution in [-0.2, 0) is 6.61 Å². The molecular weight excluding hydrogens is 321 g/mol. The van der Waals surface area contributed by atoms with Gasteiger partial charge in [-0.2, -0.15) is 0 Å². The summed E-state index contributed by atoms with van der Waals surface area (Å²) < 4.78 is 19.0. The van der Waals surface area contributed by atoms with E-state index in [4.69, 9.17) is 22.1 Å². The first-order valence-electron chi connectivity index (χ1n) is 5.18. The maximum absolute atomic E-state index is 13.1. The molecule has 0 amide bonds. The maximum Gasteiger partial charge on any atom is 0.140 e. The molecule has 0 aliphatic heterocycles.